The Morgan fingerprint density at radius 3 is 2.11 bits per heavy atom. The summed E-state index contributed by atoms with van der Waals surface area (Å²) in [5.74, 6) is 0.745. The largest absolute Gasteiger partial charge is 0.522 e. The van der Waals surface area contributed by atoms with Gasteiger partial charge in [-0.1, -0.05) is 13.3 Å². The highest BCUT2D eigenvalue weighted by atomic mass is 19.4. The lowest BCUT2D eigenvalue weighted by molar-refractivity contribution is -0.346. The fraction of sp³-hybridized carbons (Fsp3) is 1.00. The molecule has 5 heteroatoms. The van der Waals surface area contributed by atoms with Crippen LogP contribution < -0.4 is 0 Å². The van der Waals surface area contributed by atoms with Crippen LogP contribution in [0.2, 0.25) is 0 Å². The molecule has 112 valence electrons. The second kappa shape index (κ2) is 5.98. The number of hydrogen-bond donors (Lipinski definition) is 0. The van der Waals surface area contributed by atoms with E-state index < -0.39 is 18.6 Å². The molecule has 2 aliphatic rings. The molecule has 2 aliphatic carbocycles. The predicted molar refractivity (Wildman–Crippen MR) is 64.3 cm³/mol. The quantitative estimate of drug-likeness (QED) is 0.657. The molecule has 0 aromatic rings. The molecular formula is C14H22F4O. The van der Waals surface area contributed by atoms with E-state index in [1.807, 2.05) is 0 Å². The van der Waals surface area contributed by atoms with Crippen molar-refractivity contribution in [2.45, 2.75) is 70.5 Å². The van der Waals surface area contributed by atoms with Gasteiger partial charge in [0.25, 0.3) is 0 Å². The molecule has 3 atom stereocenters. The first kappa shape index (κ1) is 15.1. The number of rotatable bonds is 2. The maximum Gasteiger partial charge on any atom is 0.522 e. The van der Waals surface area contributed by atoms with Gasteiger partial charge in [0, 0.05) is 0 Å². The summed E-state index contributed by atoms with van der Waals surface area (Å²) in [4.78, 5) is 0. The molecule has 2 saturated carbocycles. The normalized spacial score (nSPS) is 41.2. The van der Waals surface area contributed by atoms with Gasteiger partial charge in [0.15, 0.2) is 0 Å². The van der Waals surface area contributed by atoms with E-state index in [2.05, 4.69) is 11.7 Å². The molecule has 3 unspecified atom stereocenters. The third kappa shape index (κ3) is 4.33. The van der Waals surface area contributed by atoms with Crippen molar-refractivity contribution in [1.29, 1.82) is 0 Å². The molecule has 0 radical (unpaired) electrons. The van der Waals surface area contributed by atoms with Gasteiger partial charge >= 0.3 is 6.36 Å². The van der Waals surface area contributed by atoms with Crippen LogP contribution >= 0.6 is 0 Å². The van der Waals surface area contributed by atoms with E-state index in [4.69, 9.17) is 0 Å². The number of halogens is 4. The van der Waals surface area contributed by atoms with Crippen LogP contribution in [0.25, 0.3) is 0 Å². The summed E-state index contributed by atoms with van der Waals surface area (Å²) in [6.07, 6.45) is -1.34. The van der Waals surface area contributed by atoms with Crippen LogP contribution in [0.5, 0.6) is 0 Å². The molecule has 2 fully saturated rings. The van der Waals surface area contributed by atoms with E-state index in [1.165, 1.54) is 0 Å². The minimum absolute atomic E-state index is 0.0584. The Hall–Kier alpha value is -0.320. The van der Waals surface area contributed by atoms with Crippen molar-refractivity contribution in [2.75, 3.05) is 0 Å². The van der Waals surface area contributed by atoms with E-state index in [-0.39, 0.29) is 11.8 Å². The first-order valence-electron chi connectivity index (χ1n) is 7.23. The maximum absolute atomic E-state index is 14.0. The van der Waals surface area contributed by atoms with Crippen LogP contribution in [0.1, 0.15) is 51.9 Å². The molecule has 0 spiro atoms. The van der Waals surface area contributed by atoms with Gasteiger partial charge in [-0.05, 0) is 56.3 Å². The van der Waals surface area contributed by atoms with Crippen molar-refractivity contribution >= 4 is 0 Å². The summed E-state index contributed by atoms with van der Waals surface area (Å²) < 4.78 is 54.4. The second-order valence-corrected chi connectivity index (χ2v) is 6.20. The first-order chi connectivity index (χ1) is 8.85. The molecule has 2 rings (SSSR count). The maximum atomic E-state index is 14.0. The van der Waals surface area contributed by atoms with Crippen LogP contribution in [0, 0.1) is 17.8 Å². The molecule has 0 aromatic carbocycles. The number of hydrogen-bond acceptors (Lipinski definition) is 1. The smallest absolute Gasteiger partial charge is 0.289 e. The van der Waals surface area contributed by atoms with E-state index >= 15 is 0 Å². The molecule has 1 nitrogen and oxygen atoms in total. The van der Waals surface area contributed by atoms with E-state index in [1.54, 1.807) is 0 Å². The molecule has 0 saturated heterocycles. The molecule has 0 bridgehead atoms. The second-order valence-electron chi connectivity index (χ2n) is 6.20. The summed E-state index contributed by atoms with van der Waals surface area (Å²) in [7, 11) is 0. The minimum Gasteiger partial charge on any atom is -0.289 e. The summed E-state index contributed by atoms with van der Waals surface area (Å²) in [5.41, 5.74) is 0. The van der Waals surface area contributed by atoms with Gasteiger partial charge in [-0.3, -0.25) is 4.74 Å². The Bertz CT molecular complexity index is 284. The predicted octanol–water partition coefficient (Wildman–Crippen LogP) is 4.86. The van der Waals surface area contributed by atoms with E-state index in [0.717, 1.165) is 12.8 Å². The summed E-state index contributed by atoms with van der Waals surface area (Å²) in [5, 5.41) is 0. The highest BCUT2D eigenvalue weighted by Gasteiger charge is 2.39. The molecule has 19 heavy (non-hydrogen) atoms. The zero-order chi connectivity index (χ0) is 14.0. The Morgan fingerprint density at radius 1 is 0.947 bits per heavy atom. The average Bonchev–Trinajstić information content (AvgIpc) is 2.28. The van der Waals surface area contributed by atoms with Crippen LogP contribution in [-0.4, -0.2) is 18.6 Å². The van der Waals surface area contributed by atoms with Crippen molar-refractivity contribution in [3.63, 3.8) is 0 Å². The Morgan fingerprint density at radius 2 is 1.58 bits per heavy atom. The first-order valence-corrected chi connectivity index (χ1v) is 7.23. The van der Waals surface area contributed by atoms with Crippen molar-refractivity contribution in [3.8, 4) is 0 Å². The highest BCUT2D eigenvalue weighted by molar-refractivity contribution is 4.86. The number of ether oxygens (including phenoxy) is 1. The van der Waals surface area contributed by atoms with Crippen LogP contribution in [0.4, 0.5) is 17.6 Å². The average molecular weight is 282 g/mol. The van der Waals surface area contributed by atoms with E-state index in [9.17, 15) is 17.6 Å². The molecule has 0 amide bonds. The summed E-state index contributed by atoms with van der Waals surface area (Å²) in [6.45, 7) is 2.07. The van der Waals surface area contributed by atoms with Gasteiger partial charge in [0.05, 0.1) is 6.10 Å². The summed E-state index contributed by atoms with van der Waals surface area (Å²) in [6, 6.07) is 0. The fourth-order valence-electron chi connectivity index (χ4n) is 3.69. The lowest BCUT2D eigenvalue weighted by Gasteiger charge is -2.39. The van der Waals surface area contributed by atoms with Crippen LogP contribution in [0.15, 0.2) is 0 Å². The molecule has 0 N–H and O–H groups in total. The molecular weight excluding hydrogens is 260 g/mol. The Labute approximate surface area is 111 Å². The lowest BCUT2D eigenvalue weighted by atomic mass is 9.70. The highest BCUT2D eigenvalue weighted by Crippen LogP contribution is 2.42. The van der Waals surface area contributed by atoms with Crippen LogP contribution in [0.3, 0.4) is 0 Å². The van der Waals surface area contributed by atoms with Crippen molar-refractivity contribution in [3.05, 3.63) is 0 Å². The van der Waals surface area contributed by atoms with Gasteiger partial charge in [0.1, 0.15) is 6.17 Å². The Kier molecular flexibility index (Phi) is 4.75. The summed E-state index contributed by atoms with van der Waals surface area (Å²) >= 11 is 0. The van der Waals surface area contributed by atoms with Gasteiger partial charge in [-0.25, -0.2) is 4.39 Å². The van der Waals surface area contributed by atoms with Crippen molar-refractivity contribution < 1.29 is 22.3 Å². The number of alkyl halides is 4. The standard InChI is InChI=1S/C14H22F4O/c1-9-2-7-12(13(15)8-9)10-3-5-11(6-4-10)19-14(16,17)18/h9-13H,2-8H2,1H3. The van der Waals surface area contributed by atoms with E-state index in [0.29, 0.717) is 38.0 Å². The molecule has 0 aromatic heterocycles. The zero-order valence-corrected chi connectivity index (χ0v) is 11.3. The van der Waals surface area contributed by atoms with Gasteiger partial charge < -0.3 is 0 Å². The Balaban J connectivity index is 1.80. The van der Waals surface area contributed by atoms with Crippen molar-refractivity contribution in [2.24, 2.45) is 17.8 Å². The van der Waals surface area contributed by atoms with Crippen molar-refractivity contribution in [1.82, 2.24) is 0 Å². The topological polar surface area (TPSA) is 9.23 Å². The van der Waals surface area contributed by atoms with Gasteiger partial charge in [0.2, 0.25) is 0 Å². The van der Waals surface area contributed by atoms with Crippen LogP contribution in [-0.2, 0) is 4.74 Å². The van der Waals surface area contributed by atoms with Gasteiger partial charge in [-0.2, -0.15) is 0 Å². The lowest BCUT2D eigenvalue weighted by Crippen LogP contribution is -2.35. The third-order valence-corrected chi connectivity index (χ3v) is 4.71. The molecule has 0 heterocycles. The third-order valence-electron chi connectivity index (χ3n) is 4.71. The zero-order valence-electron chi connectivity index (χ0n) is 11.3. The fourth-order valence-corrected chi connectivity index (χ4v) is 3.69. The molecule has 0 aliphatic heterocycles. The monoisotopic (exact) mass is 282 g/mol. The SMILES string of the molecule is CC1CCC(C2CCC(OC(F)(F)F)CC2)C(F)C1. The minimum atomic E-state index is -4.54. The van der Waals surface area contributed by atoms with Gasteiger partial charge in [-0.15, -0.1) is 13.2 Å².